The van der Waals surface area contributed by atoms with Crippen LogP contribution in [-0.4, -0.2) is 46.1 Å². The second-order valence-corrected chi connectivity index (χ2v) is 8.43. The van der Waals surface area contributed by atoms with Crippen LogP contribution in [0.2, 0.25) is 0 Å². The van der Waals surface area contributed by atoms with Gasteiger partial charge < -0.3 is 19.9 Å². The summed E-state index contributed by atoms with van der Waals surface area (Å²) in [6.45, 7) is 0. The second kappa shape index (κ2) is 9.24. The van der Waals surface area contributed by atoms with E-state index in [0.29, 0.717) is 18.6 Å². The number of carbonyl (C=O) groups excluding carboxylic acids is 2. The van der Waals surface area contributed by atoms with Crippen molar-refractivity contribution in [2.45, 2.75) is 88.2 Å². The molecular weight excluding hydrogens is 354 g/mol. The number of carbonyl (C=O) groups is 2. The van der Waals surface area contributed by atoms with Crippen molar-refractivity contribution >= 4 is 23.0 Å². The molecule has 0 aliphatic carbocycles. The minimum absolute atomic E-state index is 0.147. The van der Waals surface area contributed by atoms with Gasteiger partial charge in [0.05, 0.1) is 12.1 Å². The van der Waals surface area contributed by atoms with Crippen molar-refractivity contribution in [3.63, 3.8) is 0 Å². The SMILES string of the molecule is O=C1CCCCC/C=C\CCC[C@@H]2C[C@H](C[C@](O)([C@@H]3CSC(=O)N3)O2)O1. The highest BCUT2D eigenvalue weighted by atomic mass is 32.2. The molecule has 2 fully saturated rings. The number of amides is 1. The van der Waals surface area contributed by atoms with E-state index in [-0.39, 0.29) is 29.8 Å². The molecule has 0 unspecified atom stereocenters. The molecule has 146 valence electrons. The van der Waals surface area contributed by atoms with Gasteiger partial charge in [-0.05, 0) is 38.5 Å². The predicted molar refractivity (Wildman–Crippen MR) is 99.8 cm³/mol. The van der Waals surface area contributed by atoms with Crippen molar-refractivity contribution in [3.05, 3.63) is 12.2 Å². The van der Waals surface area contributed by atoms with Crippen LogP contribution in [0.15, 0.2) is 12.2 Å². The Bertz CT molecular complexity index is 540. The van der Waals surface area contributed by atoms with E-state index in [2.05, 4.69) is 17.5 Å². The van der Waals surface area contributed by atoms with Crippen molar-refractivity contribution in [2.24, 2.45) is 0 Å². The number of fused-ring (bicyclic) bond motifs is 2. The Labute approximate surface area is 159 Å². The van der Waals surface area contributed by atoms with E-state index in [1.807, 2.05) is 0 Å². The first-order chi connectivity index (χ1) is 12.5. The fourth-order valence-corrected chi connectivity index (χ4v) is 4.75. The molecule has 0 aromatic carbocycles. The Morgan fingerprint density at radius 3 is 2.69 bits per heavy atom. The highest BCUT2D eigenvalue weighted by Crippen LogP contribution is 2.36. The molecule has 0 spiro atoms. The summed E-state index contributed by atoms with van der Waals surface area (Å²) in [5.41, 5.74) is 0. The lowest BCUT2D eigenvalue weighted by molar-refractivity contribution is -0.284. The number of hydrogen-bond acceptors (Lipinski definition) is 6. The van der Waals surface area contributed by atoms with Crippen LogP contribution in [0.3, 0.4) is 0 Å². The van der Waals surface area contributed by atoms with E-state index in [9.17, 15) is 14.7 Å². The van der Waals surface area contributed by atoms with Crippen LogP contribution in [-0.2, 0) is 14.3 Å². The molecule has 3 rings (SSSR count). The maximum absolute atomic E-state index is 12.2. The van der Waals surface area contributed by atoms with E-state index in [4.69, 9.17) is 9.47 Å². The van der Waals surface area contributed by atoms with E-state index in [1.165, 1.54) is 0 Å². The van der Waals surface area contributed by atoms with Crippen molar-refractivity contribution in [1.29, 1.82) is 0 Å². The van der Waals surface area contributed by atoms with Crippen LogP contribution < -0.4 is 5.32 Å². The minimum Gasteiger partial charge on any atom is -0.462 e. The molecule has 3 aliphatic heterocycles. The van der Waals surface area contributed by atoms with Gasteiger partial charge in [-0.2, -0.15) is 0 Å². The highest BCUT2D eigenvalue weighted by molar-refractivity contribution is 8.14. The van der Waals surface area contributed by atoms with Gasteiger partial charge in [0, 0.05) is 25.0 Å². The second-order valence-electron chi connectivity index (χ2n) is 7.43. The van der Waals surface area contributed by atoms with Crippen molar-refractivity contribution < 1.29 is 24.2 Å². The standard InChI is InChI=1S/C19H29NO5S/c21-17-10-8-6-4-2-1-3-5-7-9-14-11-15(24-17)12-19(23,25-14)16-13-26-18(22)20-16/h1,3,14-16,23H,2,4-13H2,(H,20,22)/b3-1-/t14-,15-,16+,19-/m1/s1. The predicted octanol–water partition coefficient (Wildman–Crippen LogP) is 3.28. The van der Waals surface area contributed by atoms with Gasteiger partial charge in [0.1, 0.15) is 6.10 Å². The average Bonchev–Trinajstić information content (AvgIpc) is 3.02. The molecule has 0 aromatic heterocycles. The van der Waals surface area contributed by atoms with E-state index in [1.54, 1.807) is 0 Å². The number of rotatable bonds is 1. The molecule has 2 saturated heterocycles. The van der Waals surface area contributed by atoms with Gasteiger partial charge in [0.15, 0.2) is 5.79 Å². The summed E-state index contributed by atoms with van der Waals surface area (Å²) >= 11 is 1.15. The van der Waals surface area contributed by atoms with Crippen molar-refractivity contribution in [1.82, 2.24) is 5.32 Å². The van der Waals surface area contributed by atoms with Gasteiger partial charge in [0.2, 0.25) is 0 Å². The Hall–Kier alpha value is -1.05. The summed E-state index contributed by atoms with van der Waals surface area (Å²) in [6, 6.07) is -0.467. The molecule has 1 amide bonds. The Morgan fingerprint density at radius 1 is 1.12 bits per heavy atom. The lowest BCUT2D eigenvalue weighted by atomic mass is 9.91. The Kier molecular flexibility index (Phi) is 7.00. The number of ether oxygens (including phenoxy) is 2. The molecule has 3 aliphatic rings. The molecule has 0 aromatic rings. The summed E-state index contributed by atoms with van der Waals surface area (Å²) < 4.78 is 11.7. The van der Waals surface area contributed by atoms with E-state index < -0.39 is 11.8 Å². The van der Waals surface area contributed by atoms with Gasteiger partial charge in [-0.15, -0.1) is 0 Å². The van der Waals surface area contributed by atoms with Gasteiger partial charge in [-0.3, -0.25) is 9.59 Å². The topological polar surface area (TPSA) is 84.9 Å². The lowest BCUT2D eigenvalue weighted by Gasteiger charge is -2.43. The molecule has 4 atom stereocenters. The zero-order valence-corrected chi connectivity index (χ0v) is 16.0. The van der Waals surface area contributed by atoms with Crippen molar-refractivity contribution in [2.75, 3.05) is 5.75 Å². The van der Waals surface area contributed by atoms with Crippen molar-refractivity contribution in [3.8, 4) is 0 Å². The first kappa shape index (κ1) is 19.7. The third kappa shape index (κ3) is 5.47. The first-order valence-corrected chi connectivity index (χ1v) is 10.7. The third-order valence-electron chi connectivity index (χ3n) is 5.25. The quantitative estimate of drug-likeness (QED) is 0.534. The fourth-order valence-electron chi connectivity index (χ4n) is 3.86. The molecule has 7 heteroatoms. The van der Waals surface area contributed by atoms with Crippen LogP contribution in [0.25, 0.3) is 0 Å². The maximum atomic E-state index is 12.2. The normalized spacial score (nSPS) is 38.6. The van der Waals surface area contributed by atoms with E-state index in [0.717, 1.165) is 56.7 Å². The third-order valence-corrected chi connectivity index (χ3v) is 6.13. The number of thioether (sulfide) groups is 1. The van der Waals surface area contributed by atoms with Crippen LogP contribution in [0.1, 0.15) is 64.2 Å². The zero-order chi connectivity index (χ0) is 18.4. The van der Waals surface area contributed by atoms with Crippen LogP contribution in [0.5, 0.6) is 0 Å². The summed E-state index contributed by atoms with van der Waals surface area (Å²) in [4.78, 5) is 23.7. The number of hydrogen-bond donors (Lipinski definition) is 2. The van der Waals surface area contributed by atoms with Gasteiger partial charge >= 0.3 is 5.97 Å². The first-order valence-electron chi connectivity index (χ1n) is 9.73. The molecule has 0 radical (unpaired) electrons. The summed E-state index contributed by atoms with van der Waals surface area (Å²) in [7, 11) is 0. The molecule has 26 heavy (non-hydrogen) atoms. The van der Waals surface area contributed by atoms with Crippen LogP contribution in [0, 0.1) is 0 Å². The zero-order valence-electron chi connectivity index (χ0n) is 15.2. The molecule has 0 saturated carbocycles. The Morgan fingerprint density at radius 2 is 1.92 bits per heavy atom. The molecule has 6 nitrogen and oxygen atoms in total. The number of nitrogens with one attached hydrogen (secondary N) is 1. The van der Waals surface area contributed by atoms with Crippen LogP contribution in [0.4, 0.5) is 4.79 Å². The summed E-state index contributed by atoms with van der Waals surface area (Å²) in [5, 5.41) is 13.7. The fraction of sp³-hybridized carbons (Fsp3) is 0.789. The number of allylic oxidation sites excluding steroid dienone is 2. The van der Waals surface area contributed by atoms with Gasteiger partial charge in [-0.1, -0.05) is 30.3 Å². The minimum atomic E-state index is -1.48. The van der Waals surface area contributed by atoms with Gasteiger partial charge in [0.25, 0.3) is 5.24 Å². The largest absolute Gasteiger partial charge is 0.462 e. The monoisotopic (exact) mass is 383 g/mol. The van der Waals surface area contributed by atoms with E-state index >= 15 is 0 Å². The Balaban J connectivity index is 1.68. The van der Waals surface area contributed by atoms with Crippen LogP contribution >= 0.6 is 11.8 Å². The molecule has 2 N–H and O–H groups in total. The summed E-state index contributed by atoms with van der Waals surface area (Å²) in [6.07, 6.45) is 11.9. The smallest absolute Gasteiger partial charge is 0.306 e. The highest BCUT2D eigenvalue weighted by Gasteiger charge is 2.49. The molecule has 2 bridgehead atoms. The maximum Gasteiger partial charge on any atom is 0.306 e. The summed E-state index contributed by atoms with van der Waals surface area (Å²) in [5.74, 6) is -1.21. The van der Waals surface area contributed by atoms with Gasteiger partial charge in [-0.25, -0.2) is 0 Å². The average molecular weight is 384 g/mol. The lowest BCUT2D eigenvalue weighted by Crippen LogP contribution is -2.58. The molecule has 3 heterocycles. The molecular formula is C19H29NO5S. The number of aliphatic hydroxyl groups is 1. The number of esters is 1.